The summed E-state index contributed by atoms with van der Waals surface area (Å²) in [4.78, 5) is 3.61. The Morgan fingerprint density at radius 2 is 1.85 bits per heavy atom. The van der Waals surface area contributed by atoms with E-state index in [2.05, 4.69) is 106 Å². The highest BCUT2D eigenvalue weighted by atomic mass is 127. The molecule has 1 aromatic heterocycles. The van der Waals surface area contributed by atoms with E-state index in [1.165, 1.54) is 42.9 Å². The fourth-order valence-electron chi connectivity index (χ4n) is 3.24. The normalized spacial score (nSPS) is 14.5. The number of alkyl halides is 1. The highest BCUT2D eigenvalue weighted by Gasteiger charge is 2.22. The molecule has 0 bridgehead atoms. The van der Waals surface area contributed by atoms with Gasteiger partial charge in [-0.25, -0.2) is 0 Å². The van der Waals surface area contributed by atoms with Gasteiger partial charge in [0, 0.05) is 34.9 Å². The molecule has 134 valence electrons. The van der Waals surface area contributed by atoms with Gasteiger partial charge in [-0.05, 0) is 29.8 Å². The van der Waals surface area contributed by atoms with Gasteiger partial charge in [0.25, 0.3) is 0 Å². The summed E-state index contributed by atoms with van der Waals surface area (Å²) in [6, 6.07) is 19.6. The first-order valence-corrected chi connectivity index (χ1v) is 10.8. The van der Waals surface area contributed by atoms with Crippen LogP contribution < -0.4 is 33.4 Å². The molecule has 0 atom stereocenters. The van der Waals surface area contributed by atoms with Gasteiger partial charge in [-0.2, -0.15) is 4.57 Å². The second-order valence-electron chi connectivity index (χ2n) is 6.14. The zero-order chi connectivity index (χ0) is 17.2. The van der Waals surface area contributed by atoms with Crippen LogP contribution in [0.15, 0.2) is 70.7 Å². The number of fused-ring (bicyclic) bond motifs is 2. The summed E-state index contributed by atoms with van der Waals surface area (Å²) in [5.74, 6) is 0. The van der Waals surface area contributed by atoms with Crippen molar-refractivity contribution in [2.45, 2.75) is 17.9 Å². The van der Waals surface area contributed by atoms with Gasteiger partial charge in [-0.1, -0.05) is 58.6 Å². The highest BCUT2D eigenvalue weighted by Crippen LogP contribution is 2.45. The van der Waals surface area contributed by atoms with Crippen LogP contribution in [0.2, 0.25) is 0 Å². The van der Waals surface area contributed by atoms with Crippen molar-refractivity contribution in [2.24, 2.45) is 0 Å². The van der Waals surface area contributed by atoms with Crippen LogP contribution in [0.3, 0.4) is 0 Å². The zero-order valence-electron chi connectivity index (χ0n) is 14.5. The van der Waals surface area contributed by atoms with Gasteiger partial charge >= 0.3 is 0 Å². The zero-order valence-corrected chi connectivity index (χ0v) is 19.7. The third-order valence-corrected chi connectivity index (χ3v) is 6.47. The predicted octanol–water partition coefficient (Wildman–Crippen LogP) is 2.50. The average molecular weight is 586 g/mol. The van der Waals surface area contributed by atoms with Crippen molar-refractivity contribution in [2.75, 3.05) is 16.4 Å². The minimum Gasteiger partial charge on any atom is -1.00 e. The molecule has 1 aliphatic rings. The maximum Gasteiger partial charge on any atom is 0.213 e. The predicted molar refractivity (Wildman–Crippen MR) is 116 cm³/mol. The minimum atomic E-state index is 0. The van der Waals surface area contributed by atoms with E-state index in [1.807, 2.05) is 11.8 Å². The van der Waals surface area contributed by atoms with Crippen LogP contribution in [0.5, 0.6) is 0 Å². The van der Waals surface area contributed by atoms with Crippen molar-refractivity contribution in [1.82, 2.24) is 0 Å². The number of aryl methyl sites for hydroxylation is 1. The summed E-state index contributed by atoms with van der Waals surface area (Å²) in [6.45, 7) is 1.07. The first kappa shape index (κ1) is 19.9. The molecule has 2 aromatic carbocycles. The lowest BCUT2D eigenvalue weighted by Crippen LogP contribution is -3.00. The Morgan fingerprint density at radius 1 is 1.08 bits per heavy atom. The number of benzene rings is 2. The standard InChI is InChI=1S/C21H20IN2S.HI/c1-23-19-9-4-5-10-20(19)25-21(23)15-16-11-14-24(13-6-12-22)18-8-3-2-7-17(16)18;/h2-5,7-11,14-15H,6,12-13H2,1H3;1H/q+1;/p-1. The van der Waals surface area contributed by atoms with E-state index in [-0.39, 0.29) is 24.0 Å². The number of halogens is 2. The Balaban J connectivity index is 0.00000196. The number of aromatic nitrogens is 1. The molecule has 0 saturated carbocycles. The molecule has 1 aliphatic heterocycles. The van der Waals surface area contributed by atoms with Gasteiger partial charge in [-0.15, -0.1) is 0 Å². The Labute approximate surface area is 189 Å². The fraction of sp³-hybridized carbons (Fsp3) is 0.190. The molecule has 3 aromatic rings. The molecular weight excluding hydrogens is 566 g/mol. The van der Waals surface area contributed by atoms with Crippen molar-refractivity contribution in [1.29, 1.82) is 0 Å². The first-order chi connectivity index (χ1) is 12.3. The van der Waals surface area contributed by atoms with Gasteiger partial charge in [-0.3, -0.25) is 0 Å². The highest BCUT2D eigenvalue weighted by molar-refractivity contribution is 14.1. The Bertz CT molecular complexity index is 956. The van der Waals surface area contributed by atoms with E-state index < -0.39 is 0 Å². The molecule has 2 heterocycles. The molecule has 4 rings (SSSR count). The molecule has 0 saturated heterocycles. The van der Waals surface area contributed by atoms with Gasteiger partial charge in [0.1, 0.15) is 6.54 Å². The lowest BCUT2D eigenvalue weighted by atomic mass is 10.1. The lowest BCUT2D eigenvalue weighted by Gasteiger charge is -2.13. The van der Waals surface area contributed by atoms with E-state index in [1.54, 1.807) is 0 Å². The van der Waals surface area contributed by atoms with Crippen LogP contribution in [0.1, 0.15) is 12.0 Å². The summed E-state index contributed by atoms with van der Waals surface area (Å²) in [6.07, 6.45) is 5.74. The Morgan fingerprint density at radius 3 is 2.65 bits per heavy atom. The maximum atomic E-state index is 2.45. The van der Waals surface area contributed by atoms with E-state index in [0.29, 0.717) is 0 Å². The van der Waals surface area contributed by atoms with Crippen LogP contribution in [0, 0.1) is 0 Å². The SMILES string of the molecule is CN1C(=Cc2cc[n+](CCCI)c3ccccc23)Sc2ccccc21.[I-]. The topological polar surface area (TPSA) is 7.12 Å². The van der Waals surface area contributed by atoms with E-state index in [9.17, 15) is 0 Å². The minimum absolute atomic E-state index is 0. The van der Waals surface area contributed by atoms with Crippen LogP contribution in [-0.2, 0) is 6.54 Å². The largest absolute Gasteiger partial charge is 1.00 e. The third-order valence-electron chi connectivity index (χ3n) is 4.54. The molecular formula is C21H20I2N2S. The lowest BCUT2D eigenvalue weighted by molar-refractivity contribution is -0.671. The van der Waals surface area contributed by atoms with Crippen molar-refractivity contribution >= 4 is 57.0 Å². The van der Waals surface area contributed by atoms with Gasteiger partial charge in [0.15, 0.2) is 6.20 Å². The third kappa shape index (κ3) is 3.89. The molecule has 0 radical (unpaired) electrons. The van der Waals surface area contributed by atoms with Crippen LogP contribution in [-0.4, -0.2) is 11.5 Å². The molecule has 0 spiro atoms. The summed E-state index contributed by atoms with van der Waals surface area (Å²) in [5, 5.41) is 2.59. The molecule has 5 heteroatoms. The molecule has 0 amide bonds. The summed E-state index contributed by atoms with van der Waals surface area (Å²) >= 11 is 4.29. The van der Waals surface area contributed by atoms with Crippen LogP contribution in [0.4, 0.5) is 5.69 Å². The van der Waals surface area contributed by atoms with Crippen molar-refractivity contribution in [3.63, 3.8) is 0 Å². The molecule has 0 fully saturated rings. The van der Waals surface area contributed by atoms with E-state index in [4.69, 9.17) is 0 Å². The summed E-state index contributed by atoms with van der Waals surface area (Å²) in [7, 11) is 2.15. The first-order valence-electron chi connectivity index (χ1n) is 8.47. The number of thioether (sulfide) groups is 1. The molecule has 0 unspecified atom stereocenters. The Hall–Kier alpha value is -0.800. The molecule has 0 aliphatic carbocycles. The molecule has 0 N–H and O–H groups in total. The average Bonchev–Trinajstić information content (AvgIpc) is 2.97. The van der Waals surface area contributed by atoms with E-state index >= 15 is 0 Å². The summed E-state index contributed by atoms with van der Waals surface area (Å²) in [5.41, 5.74) is 3.88. The number of nitrogens with zero attached hydrogens (tertiary/aromatic N) is 2. The van der Waals surface area contributed by atoms with Crippen LogP contribution in [0.25, 0.3) is 17.0 Å². The second kappa shape index (κ2) is 8.93. The van der Waals surface area contributed by atoms with Gasteiger partial charge in [0.2, 0.25) is 5.52 Å². The maximum absolute atomic E-state index is 2.45. The molecule has 2 nitrogen and oxygen atoms in total. The van der Waals surface area contributed by atoms with Crippen molar-refractivity contribution in [3.8, 4) is 0 Å². The number of anilines is 1. The summed E-state index contributed by atoms with van der Waals surface area (Å²) < 4.78 is 3.56. The number of pyridine rings is 1. The fourth-order valence-corrected chi connectivity index (χ4v) is 4.68. The van der Waals surface area contributed by atoms with Crippen LogP contribution >= 0.6 is 34.4 Å². The number of hydrogen-bond acceptors (Lipinski definition) is 2. The van der Waals surface area contributed by atoms with Crippen molar-refractivity contribution in [3.05, 3.63) is 71.4 Å². The number of para-hydroxylation sites is 2. The number of hydrogen-bond donors (Lipinski definition) is 0. The van der Waals surface area contributed by atoms with Gasteiger partial charge < -0.3 is 28.9 Å². The monoisotopic (exact) mass is 586 g/mol. The molecule has 26 heavy (non-hydrogen) atoms. The van der Waals surface area contributed by atoms with Gasteiger partial charge in [0.05, 0.1) is 16.1 Å². The van der Waals surface area contributed by atoms with Crippen molar-refractivity contribution < 1.29 is 28.5 Å². The second-order valence-corrected chi connectivity index (χ2v) is 8.28. The smallest absolute Gasteiger partial charge is 0.213 e. The number of rotatable bonds is 4. The Kier molecular flexibility index (Phi) is 6.85. The quantitative estimate of drug-likeness (QED) is 0.264. The van der Waals surface area contributed by atoms with E-state index in [0.717, 1.165) is 6.54 Å².